The highest BCUT2D eigenvalue weighted by Gasteiger charge is 2.14. The minimum Gasteiger partial charge on any atom is -0.416 e. The van der Waals surface area contributed by atoms with Crippen LogP contribution in [0.4, 0.5) is 14.5 Å². The van der Waals surface area contributed by atoms with E-state index in [1.807, 2.05) is 30.3 Å². The zero-order valence-electron chi connectivity index (χ0n) is 14.5. The summed E-state index contributed by atoms with van der Waals surface area (Å²) < 4.78 is 32.2. The molecule has 0 aliphatic heterocycles. The molecule has 3 rings (SSSR count). The van der Waals surface area contributed by atoms with Crippen LogP contribution in [0.25, 0.3) is 0 Å². The van der Waals surface area contributed by atoms with Crippen LogP contribution in [0.1, 0.15) is 24.3 Å². The van der Waals surface area contributed by atoms with Crippen LogP contribution in [-0.4, -0.2) is 21.9 Å². The number of nitrogens with one attached hydrogen (secondary N) is 1. The second kappa shape index (κ2) is 8.77. The van der Waals surface area contributed by atoms with E-state index in [1.165, 1.54) is 5.56 Å². The number of carbonyl (C=O) groups is 1. The van der Waals surface area contributed by atoms with Gasteiger partial charge in [-0.05, 0) is 23.6 Å². The number of rotatable bonds is 7. The Morgan fingerprint density at radius 1 is 1.19 bits per heavy atom. The Balaban J connectivity index is 1.52. The van der Waals surface area contributed by atoms with Gasteiger partial charge in [0.1, 0.15) is 11.6 Å². The molecule has 0 saturated carbocycles. The van der Waals surface area contributed by atoms with Crippen LogP contribution in [-0.2, 0) is 11.2 Å². The fourth-order valence-corrected chi connectivity index (χ4v) is 3.03. The van der Waals surface area contributed by atoms with Crippen LogP contribution in [0, 0.1) is 11.6 Å². The maximum absolute atomic E-state index is 13.5. The summed E-state index contributed by atoms with van der Waals surface area (Å²) in [6, 6.07) is 12.8. The van der Waals surface area contributed by atoms with Crippen molar-refractivity contribution < 1.29 is 18.0 Å². The maximum Gasteiger partial charge on any atom is 0.277 e. The van der Waals surface area contributed by atoms with Crippen molar-refractivity contribution in [3.8, 4) is 0 Å². The lowest BCUT2D eigenvalue weighted by Crippen LogP contribution is -2.15. The summed E-state index contributed by atoms with van der Waals surface area (Å²) in [5.41, 5.74) is 0.963. The number of anilines is 1. The fourth-order valence-electron chi connectivity index (χ4n) is 2.45. The normalized spacial score (nSPS) is 12.0. The average molecular weight is 389 g/mol. The molecular formula is C19H17F2N3O2S. The van der Waals surface area contributed by atoms with Crippen LogP contribution in [0.3, 0.4) is 0 Å². The van der Waals surface area contributed by atoms with Gasteiger partial charge >= 0.3 is 0 Å². The van der Waals surface area contributed by atoms with Gasteiger partial charge in [-0.2, -0.15) is 0 Å². The number of hydrogen-bond donors (Lipinski definition) is 1. The molecule has 3 aromatic rings. The lowest BCUT2D eigenvalue weighted by Gasteiger charge is -2.08. The molecule has 1 heterocycles. The van der Waals surface area contributed by atoms with Crippen molar-refractivity contribution in [1.82, 2.24) is 10.2 Å². The van der Waals surface area contributed by atoms with Gasteiger partial charge in [0.2, 0.25) is 11.8 Å². The summed E-state index contributed by atoms with van der Waals surface area (Å²) in [6.07, 6.45) is 0.582. The van der Waals surface area contributed by atoms with E-state index in [2.05, 4.69) is 22.4 Å². The first kappa shape index (κ1) is 19.0. The molecule has 27 heavy (non-hydrogen) atoms. The Bertz CT molecular complexity index is 918. The predicted molar refractivity (Wildman–Crippen MR) is 98.6 cm³/mol. The number of aromatic nitrogens is 2. The van der Waals surface area contributed by atoms with E-state index in [-0.39, 0.29) is 22.6 Å². The molecule has 0 fully saturated rings. The summed E-state index contributed by atoms with van der Waals surface area (Å²) in [5, 5.41) is 10.5. The molecule has 140 valence electrons. The molecule has 0 radical (unpaired) electrons. The van der Waals surface area contributed by atoms with Crippen molar-refractivity contribution in [2.75, 3.05) is 11.1 Å². The van der Waals surface area contributed by atoms with E-state index in [9.17, 15) is 13.6 Å². The number of thioether (sulfide) groups is 1. The summed E-state index contributed by atoms with van der Waals surface area (Å²) in [6.45, 7) is 2.06. The van der Waals surface area contributed by atoms with Crippen molar-refractivity contribution in [3.63, 3.8) is 0 Å². The lowest BCUT2D eigenvalue weighted by atomic mass is 9.98. The van der Waals surface area contributed by atoms with Gasteiger partial charge in [-0.15, -0.1) is 10.2 Å². The zero-order chi connectivity index (χ0) is 19.2. The molecule has 2 aromatic carbocycles. The second-order valence-corrected chi connectivity index (χ2v) is 6.87. The molecule has 1 aromatic heterocycles. The molecule has 5 nitrogen and oxygen atoms in total. The molecule has 1 atom stereocenters. The van der Waals surface area contributed by atoms with Gasteiger partial charge in [-0.3, -0.25) is 4.79 Å². The minimum absolute atomic E-state index is 0.0637. The summed E-state index contributed by atoms with van der Waals surface area (Å²) >= 11 is 1.03. The summed E-state index contributed by atoms with van der Waals surface area (Å²) in [4.78, 5) is 11.9. The number of hydrogen-bond acceptors (Lipinski definition) is 5. The number of benzene rings is 2. The molecule has 0 aliphatic rings. The van der Waals surface area contributed by atoms with Crippen molar-refractivity contribution >= 4 is 23.4 Å². The SMILES string of the molecule is CC(Cc1nnc(SCC(=O)Nc2cc(F)ccc2F)o1)c1ccccc1. The van der Waals surface area contributed by atoms with Gasteiger partial charge in [-0.1, -0.05) is 49.0 Å². The molecule has 1 amide bonds. The molecule has 8 heteroatoms. The van der Waals surface area contributed by atoms with Gasteiger partial charge < -0.3 is 9.73 Å². The smallest absolute Gasteiger partial charge is 0.277 e. The molecule has 0 saturated heterocycles. The van der Waals surface area contributed by atoms with Gasteiger partial charge in [-0.25, -0.2) is 8.78 Å². The Morgan fingerprint density at radius 2 is 1.96 bits per heavy atom. The Hall–Kier alpha value is -2.74. The Labute approximate surface area is 159 Å². The van der Waals surface area contributed by atoms with Crippen LogP contribution < -0.4 is 5.32 Å². The monoisotopic (exact) mass is 389 g/mol. The third kappa shape index (κ3) is 5.37. The lowest BCUT2D eigenvalue weighted by molar-refractivity contribution is -0.113. The van der Waals surface area contributed by atoms with Gasteiger partial charge in [0.15, 0.2) is 0 Å². The summed E-state index contributed by atoms with van der Waals surface area (Å²) in [7, 11) is 0. The Morgan fingerprint density at radius 3 is 2.74 bits per heavy atom. The van der Waals surface area contributed by atoms with Gasteiger partial charge in [0, 0.05) is 12.5 Å². The quantitative estimate of drug-likeness (QED) is 0.606. The van der Waals surface area contributed by atoms with Crippen LogP contribution >= 0.6 is 11.8 Å². The Kier molecular flexibility index (Phi) is 6.18. The molecular weight excluding hydrogens is 372 g/mol. The van der Waals surface area contributed by atoms with Crippen molar-refractivity contribution in [1.29, 1.82) is 0 Å². The van der Waals surface area contributed by atoms with Crippen LogP contribution in [0.15, 0.2) is 58.2 Å². The summed E-state index contributed by atoms with van der Waals surface area (Å²) in [5.74, 6) is -1.21. The first-order valence-electron chi connectivity index (χ1n) is 8.26. The highest BCUT2D eigenvalue weighted by molar-refractivity contribution is 7.99. The number of nitrogens with zero attached hydrogens (tertiary/aromatic N) is 2. The van der Waals surface area contributed by atoms with Crippen molar-refractivity contribution in [2.45, 2.75) is 24.5 Å². The third-order valence-corrected chi connectivity index (χ3v) is 4.65. The molecule has 1 N–H and O–H groups in total. The standard InChI is InChI=1S/C19H17F2N3O2S/c1-12(13-5-3-2-4-6-13)9-18-23-24-19(26-18)27-11-17(25)22-16-10-14(20)7-8-15(16)21/h2-8,10,12H,9,11H2,1H3,(H,22,25). The topological polar surface area (TPSA) is 68.0 Å². The second-order valence-electron chi connectivity index (χ2n) is 5.94. The van der Waals surface area contributed by atoms with E-state index in [0.717, 1.165) is 30.0 Å². The largest absolute Gasteiger partial charge is 0.416 e. The predicted octanol–water partition coefficient (Wildman–Crippen LogP) is 4.42. The maximum atomic E-state index is 13.5. The van der Waals surface area contributed by atoms with E-state index in [4.69, 9.17) is 4.42 Å². The number of carbonyl (C=O) groups excluding carboxylic acids is 1. The number of amides is 1. The van der Waals surface area contributed by atoms with Crippen molar-refractivity contribution in [2.24, 2.45) is 0 Å². The van der Waals surface area contributed by atoms with E-state index in [1.54, 1.807) is 0 Å². The molecule has 0 spiro atoms. The fraction of sp³-hybridized carbons (Fsp3) is 0.211. The van der Waals surface area contributed by atoms with E-state index < -0.39 is 17.5 Å². The van der Waals surface area contributed by atoms with E-state index >= 15 is 0 Å². The van der Waals surface area contributed by atoms with Gasteiger partial charge in [0.25, 0.3) is 5.22 Å². The highest BCUT2D eigenvalue weighted by atomic mass is 32.2. The zero-order valence-corrected chi connectivity index (χ0v) is 15.3. The third-order valence-electron chi connectivity index (χ3n) is 3.83. The first-order valence-corrected chi connectivity index (χ1v) is 9.25. The van der Waals surface area contributed by atoms with Crippen molar-refractivity contribution in [3.05, 3.63) is 71.6 Å². The van der Waals surface area contributed by atoms with E-state index in [0.29, 0.717) is 12.3 Å². The number of halogens is 2. The molecule has 0 aliphatic carbocycles. The van der Waals surface area contributed by atoms with Crippen LogP contribution in [0.2, 0.25) is 0 Å². The molecule has 1 unspecified atom stereocenters. The van der Waals surface area contributed by atoms with Crippen LogP contribution in [0.5, 0.6) is 0 Å². The van der Waals surface area contributed by atoms with Gasteiger partial charge in [0.05, 0.1) is 11.4 Å². The first-order chi connectivity index (χ1) is 13.0. The highest BCUT2D eigenvalue weighted by Crippen LogP contribution is 2.23. The minimum atomic E-state index is -0.704. The molecule has 0 bridgehead atoms. The average Bonchev–Trinajstić information content (AvgIpc) is 3.11.